The van der Waals surface area contributed by atoms with Crippen LogP contribution in [0.25, 0.3) is 11.3 Å². The first-order valence-electron chi connectivity index (χ1n) is 11.6. The van der Waals surface area contributed by atoms with Gasteiger partial charge in [0.1, 0.15) is 5.82 Å². The molecule has 0 radical (unpaired) electrons. The Morgan fingerprint density at radius 2 is 1.55 bits per heavy atom. The van der Waals surface area contributed by atoms with Crippen molar-refractivity contribution in [2.75, 3.05) is 50.8 Å². The predicted octanol–water partition coefficient (Wildman–Crippen LogP) is 4.08. The van der Waals surface area contributed by atoms with Gasteiger partial charge in [-0.05, 0) is 37.2 Å². The van der Waals surface area contributed by atoms with E-state index in [0.29, 0.717) is 13.2 Å². The normalized spacial score (nSPS) is 18.5. The molecule has 0 bridgehead atoms. The second kappa shape index (κ2) is 9.95. The lowest BCUT2D eigenvalue weighted by Gasteiger charge is -2.36. The Hall–Kier alpha value is -2.87. The van der Waals surface area contributed by atoms with Crippen LogP contribution in [0.15, 0.2) is 66.7 Å². The highest BCUT2D eigenvalue weighted by molar-refractivity contribution is 5.59. The topological polar surface area (TPSA) is 50.7 Å². The van der Waals surface area contributed by atoms with Crippen LogP contribution in [-0.2, 0) is 15.3 Å². The van der Waals surface area contributed by atoms with Gasteiger partial charge < -0.3 is 14.4 Å². The third-order valence-corrected chi connectivity index (χ3v) is 6.43. The molecule has 2 aliphatic heterocycles. The standard InChI is InChI=1S/C26H29FN4O2/c27-23-9-7-22(8-10-23)26(32-19-20-33-26)13-4-14-30-15-17-31(18-16-30)25-12-11-24(28-29-25)21-5-2-1-3-6-21/h1-3,5-12H,4,13-20H2. The first-order chi connectivity index (χ1) is 16.2. The molecule has 1 aromatic heterocycles. The maximum atomic E-state index is 13.3. The van der Waals surface area contributed by atoms with Gasteiger partial charge in [-0.1, -0.05) is 42.5 Å². The molecule has 3 heterocycles. The summed E-state index contributed by atoms with van der Waals surface area (Å²) in [5, 5.41) is 8.89. The molecule has 0 spiro atoms. The van der Waals surface area contributed by atoms with Crippen LogP contribution in [0, 0.1) is 5.82 Å². The molecule has 0 N–H and O–H groups in total. The summed E-state index contributed by atoms with van der Waals surface area (Å²) in [6, 6.07) is 20.7. The number of piperazine rings is 1. The Labute approximate surface area is 194 Å². The van der Waals surface area contributed by atoms with Crippen molar-refractivity contribution in [2.24, 2.45) is 0 Å². The highest BCUT2D eigenvalue weighted by Crippen LogP contribution is 2.36. The van der Waals surface area contributed by atoms with E-state index in [2.05, 4.69) is 26.1 Å². The average molecular weight is 449 g/mol. The van der Waals surface area contributed by atoms with Gasteiger partial charge in [-0.25, -0.2) is 4.39 Å². The van der Waals surface area contributed by atoms with E-state index in [1.54, 1.807) is 12.1 Å². The molecule has 2 aliphatic rings. The lowest BCUT2D eigenvalue weighted by molar-refractivity contribution is -0.172. The number of hydrogen-bond acceptors (Lipinski definition) is 6. The zero-order chi connectivity index (χ0) is 22.5. The minimum Gasteiger partial charge on any atom is -0.353 e. The minimum absolute atomic E-state index is 0.246. The first-order valence-corrected chi connectivity index (χ1v) is 11.6. The molecular formula is C26H29FN4O2. The summed E-state index contributed by atoms with van der Waals surface area (Å²) in [5.41, 5.74) is 2.86. The molecule has 2 saturated heterocycles. The van der Waals surface area contributed by atoms with Crippen LogP contribution in [0.3, 0.4) is 0 Å². The van der Waals surface area contributed by atoms with Crippen molar-refractivity contribution in [1.82, 2.24) is 15.1 Å². The fraction of sp³-hybridized carbons (Fsp3) is 0.385. The molecule has 0 atom stereocenters. The van der Waals surface area contributed by atoms with E-state index < -0.39 is 5.79 Å². The molecule has 0 saturated carbocycles. The fourth-order valence-electron chi connectivity index (χ4n) is 4.61. The van der Waals surface area contributed by atoms with Crippen molar-refractivity contribution in [3.05, 3.63) is 78.1 Å². The molecular weight excluding hydrogens is 419 g/mol. The van der Waals surface area contributed by atoms with Crippen molar-refractivity contribution in [2.45, 2.75) is 18.6 Å². The van der Waals surface area contributed by atoms with Crippen LogP contribution < -0.4 is 4.90 Å². The first kappa shape index (κ1) is 21.9. The molecule has 0 aliphatic carbocycles. The van der Waals surface area contributed by atoms with Crippen LogP contribution in [0.1, 0.15) is 18.4 Å². The van der Waals surface area contributed by atoms with E-state index in [1.165, 1.54) is 12.1 Å². The summed E-state index contributed by atoms with van der Waals surface area (Å²) < 4.78 is 25.3. The Bertz CT molecular complexity index is 1020. The highest BCUT2D eigenvalue weighted by Gasteiger charge is 2.38. The van der Waals surface area contributed by atoms with Crippen LogP contribution >= 0.6 is 0 Å². The van der Waals surface area contributed by atoms with Gasteiger partial charge in [0.25, 0.3) is 0 Å². The van der Waals surface area contributed by atoms with Gasteiger partial charge in [0.2, 0.25) is 0 Å². The van der Waals surface area contributed by atoms with Gasteiger partial charge in [0.15, 0.2) is 11.6 Å². The van der Waals surface area contributed by atoms with Crippen molar-refractivity contribution in [3.63, 3.8) is 0 Å². The third-order valence-electron chi connectivity index (χ3n) is 6.43. The highest BCUT2D eigenvalue weighted by atomic mass is 19.1. The number of benzene rings is 2. The van der Waals surface area contributed by atoms with Gasteiger partial charge >= 0.3 is 0 Å². The molecule has 0 unspecified atom stereocenters. The molecule has 3 aromatic rings. The minimum atomic E-state index is -0.744. The van der Waals surface area contributed by atoms with E-state index in [1.807, 2.05) is 36.4 Å². The summed E-state index contributed by atoms with van der Waals surface area (Å²) in [4.78, 5) is 4.76. The van der Waals surface area contributed by atoms with Gasteiger partial charge in [0.05, 0.1) is 18.9 Å². The van der Waals surface area contributed by atoms with Crippen LogP contribution in [0.5, 0.6) is 0 Å². The van der Waals surface area contributed by atoms with Crippen LogP contribution in [0.4, 0.5) is 10.2 Å². The number of anilines is 1. The zero-order valence-electron chi connectivity index (χ0n) is 18.7. The number of rotatable bonds is 7. The molecule has 6 nitrogen and oxygen atoms in total. The number of halogens is 1. The molecule has 5 rings (SSSR count). The lowest BCUT2D eigenvalue weighted by atomic mass is 10.00. The van der Waals surface area contributed by atoms with Crippen molar-refractivity contribution in [3.8, 4) is 11.3 Å². The molecule has 33 heavy (non-hydrogen) atoms. The van der Waals surface area contributed by atoms with Gasteiger partial charge in [0, 0.05) is 43.7 Å². The number of nitrogens with zero attached hydrogens (tertiary/aromatic N) is 4. The summed E-state index contributed by atoms with van der Waals surface area (Å²) in [6.07, 6.45) is 1.70. The maximum absolute atomic E-state index is 13.3. The smallest absolute Gasteiger partial charge is 0.195 e. The second-order valence-electron chi connectivity index (χ2n) is 8.53. The van der Waals surface area contributed by atoms with Crippen LogP contribution in [0.2, 0.25) is 0 Å². The van der Waals surface area contributed by atoms with E-state index in [9.17, 15) is 4.39 Å². The van der Waals surface area contributed by atoms with E-state index >= 15 is 0 Å². The zero-order valence-corrected chi connectivity index (χ0v) is 18.7. The second-order valence-corrected chi connectivity index (χ2v) is 8.53. The van der Waals surface area contributed by atoms with Crippen molar-refractivity contribution >= 4 is 5.82 Å². The number of aromatic nitrogens is 2. The number of hydrogen-bond donors (Lipinski definition) is 0. The van der Waals surface area contributed by atoms with Crippen molar-refractivity contribution in [1.29, 1.82) is 0 Å². The third kappa shape index (κ3) is 5.05. The molecule has 2 aromatic carbocycles. The lowest BCUT2D eigenvalue weighted by Crippen LogP contribution is -2.47. The monoisotopic (exact) mass is 448 g/mol. The van der Waals surface area contributed by atoms with Crippen LogP contribution in [-0.4, -0.2) is 61.0 Å². The Morgan fingerprint density at radius 1 is 0.818 bits per heavy atom. The molecule has 172 valence electrons. The summed E-state index contributed by atoms with van der Waals surface area (Å²) in [7, 11) is 0. The predicted molar refractivity (Wildman–Crippen MR) is 125 cm³/mol. The Kier molecular flexibility index (Phi) is 6.62. The summed E-state index contributed by atoms with van der Waals surface area (Å²) >= 11 is 0. The largest absolute Gasteiger partial charge is 0.353 e. The Balaban J connectivity index is 1.12. The van der Waals surface area contributed by atoms with E-state index in [-0.39, 0.29) is 5.82 Å². The molecule has 2 fully saturated rings. The maximum Gasteiger partial charge on any atom is 0.195 e. The van der Waals surface area contributed by atoms with Gasteiger partial charge in [-0.15, -0.1) is 10.2 Å². The summed E-state index contributed by atoms with van der Waals surface area (Å²) in [5.74, 6) is -0.0625. The quantitative estimate of drug-likeness (QED) is 0.543. The average Bonchev–Trinajstić information content (AvgIpc) is 3.35. The van der Waals surface area contributed by atoms with Gasteiger partial charge in [-0.2, -0.15) is 0 Å². The van der Waals surface area contributed by atoms with Gasteiger partial charge in [-0.3, -0.25) is 4.90 Å². The van der Waals surface area contributed by atoms with Crippen molar-refractivity contribution < 1.29 is 13.9 Å². The summed E-state index contributed by atoms with van der Waals surface area (Å²) in [6.45, 7) is 5.92. The Morgan fingerprint density at radius 3 is 2.21 bits per heavy atom. The SMILES string of the molecule is Fc1ccc(C2(CCCN3CCN(c4ccc(-c5ccccc5)nn4)CC3)OCCO2)cc1. The fourth-order valence-corrected chi connectivity index (χ4v) is 4.61. The van der Waals surface area contributed by atoms with E-state index in [4.69, 9.17) is 9.47 Å². The molecule has 0 amide bonds. The number of ether oxygens (including phenoxy) is 2. The van der Waals surface area contributed by atoms with E-state index in [0.717, 1.165) is 68.2 Å². The molecule has 7 heteroatoms.